The standard InChI is InChI=1S/C18H21N7O4/c19-11(9-4-2-1-3-5-9)17(28)24-12-14(27)10(6-26)29-18(12)25-8-23-13-15(20)21-7-22-16(13)25/h1-5,7-8,10-12,14,18,26-27H,6,19H2,(H3,20,21,22,24,28)/p+1/t10-,11?,12?,14+,18-/m1/s1. The first kappa shape index (κ1) is 19.2. The lowest BCUT2D eigenvalue weighted by atomic mass is 10.0. The first-order chi connectivity index (χ1) is 14.0. The number of rotatable bonds is 5. The second-order valence-corrected chi connectivity index (χ2v) is 6.80. The summed E-state index contributed by atoms with van der Waals surface area (Å²) in [5, 5.41) is 22.9. The predicted octanol–water partition coefficient (Wildman–Crippen LogP) is -1.74. The minimum atomic E-state index is -1.16. The van der Waals surface area contributed by atoms with Crippen LogP contribution < -0.4 is 21.4 Å². The number of carbonyl (C=O) groups is 1. The van der Waals surface area contributed by atoms with Gasteiger partial charge in [-0.1, -0.05) is 35.3 Å². The van der Waals surface area contributed by atoms with E-state index in [1.807, 2.05) is 6.07 Å². The minimum absolute atomic E-state index is 0.248. The Kier molecular flexibility index (Phi) is 5.11. The zero-order chi connectivity index (χ0) is 20.5. The molecule has 1 aliphatic heterocycles. The van der Waals surface area contributed by atoms with Crippen molar-refractivity contribution in [2.75, 3.05) is 12.3 Å². The van der Waals surface area contributed by atoms with Crippen LogP contribution in [0.5, 0.6) is 0 Å². The van der Waals surface area contributed by atoms with Crippen molar-refractivity contribution in [2.24, 2.45) is 5.73 Å². The number of anilines is 1. The molecule has 11 nitrogen and oxygen atoms in total. The number of amides is 1. The summed E-state index contributed by atoms with van der Waals surface area (Å²) >= 11 is 0. The Morgan fingerprint density at radius 2 is 2.10 bits per heavy atom. The van der Waals surface area contributed by atoms with Crippen LogP contribution in [0.2, 0.25) is 0 Å². The Labute approximate surface area is 165 Å². The number of hydrogen-bond acceptors (Lipinski definition) is 8. The van der Waals surface area contributed by atoms with E-state index in [0.717, 1.165) is 0 Å². The highest BCUT2D eigenvalue weighted by molar-refractivity contribution is 5.83. The van der Waals surface area contributed by atoms with E-state index in [1.165, 1.54) is 6.33 Å². The van der Waals surface area contributed by atoms with E-state index in [2.05, 4.69) is 20.3 Å². The van der Waals surface area contributed by atoms with Crippen molar-refractivity contribution >= 4 is 22.9 Å². The molecule has 29 heavy (non-hydrogen) atoms. The van der Waals surface area contributed by atoms with E-state index in [4.69, 9.17) is 16.2 Å². The number of nitrogens with one attached hydrogen (secondary N) is 2. The third-order valence-electron chi connectivity index (χ3n) is 5.02. The molecule has 1 aliphatic rings. The number of H-pyrrole nitrogens is 1. The van der Waals surface area contributed by atoms with Crippen molar-refractivity contribution in [3.63, 3.8) is 0 Å². The van der Waals surface area contributed by atoms with Gasteiger partial charge in [-0.25, -0.2) is 4.57 Å². The van der Waals surface area contributed by atoms with Gasteiger partial charge in [0.15, 0.2) is 18.5 Å². The van der Waals surface area contributed by atoms with Crippen LogP contribution in [-0.2, 0) is 9.53 Å². The number of nitrogens with zero attached hydrogens (tertiary/aromatic N) is 3. The fraction of sp³-hybridized carbons (Fsp3) is 0.333. The topological polar surface area (TPSA) is 176 Å². The van der Waals surface area contributed by atoms with Gasteiger partial charge in [-0.2, -0.15) is 4.98 Å². The average Bonchev–Trinajstić information content (AvgIpc) is 3.30. The summed E-state index contributed by atoms with van der Waals surface area (Å²) in [4.78, 5) is 23.8. The zero-order valence-corrected chi connectivity index (χ0v) is 15.3. The molecule has 0 bridgehead atoms. The van der Waals surface area contributed by atoms with E-state index in [9.17, 15) is 15.0 Å². The Balaban J connectivity index is 1.64. The molecule has 1 amide bonds. The lowest BCUT2D eigenvalue weighted by Crippen LogP contribution is -2.55. The summed E-state index contributed by atoms with van der Waals surface area (Å²) < 4.78 is 7.39. The zero-order valence-electron chi connectivity index (χ0n) is 15.3. The van der Waals surface area contributed by atoms with Crippen molar-refractivity contribution in [3.05, 3.63) is 48.5 Å². The number of ether oxygens (including phenoxy) is 1. The smallest absolute Gasteiger partial charge is 0.309 e. The molecule has 11 heteroatoms. The summed E-state index contributed by atoms with van der Waals surface area (Å²) in [6.45, 7) is -0.422. The van der Waals surface area contributed by atoms with Crippen LogP contribution in [0.1, 0.15) is 17.8 Å². The van der Waals surface area contributed by atoms with Crippen molar-refractivity contribution in [2.45, 2.75) is 30.5 Å². The number of aromatic nitrogens is 4. The van der Waals surface area contributed by atoms with Gasteiger partial charge in [0.05, 0.1) is 6.61 Å². The maximum absolute atomic E-state index is 12.7. The van der Waals surface area contributed by atoms with Gasteiger partial charge in [0.1, 0.15) is 24.3 Å². The highest BCUT2D eigenvalue weighted by atomic mass is 16.5. The number of aliphatic hydroxyl groups excluding tert-OH is 2. The molecular formula is C18H22N7O4+. The molecule has 152 valence electrons. The largest absolute Gasteiger partial charge is 0.394 e. The predicted molar refractivity (Wildman–Crippen MR) is 101 cm³/mol. The third-order valence-corrected chi connectivity index (χ3v) is 5.02. The highest BCUT2D eigenvalue weighted by Crippen LogP contribution is 2.27. The molecule has 0 spiro atoms. The number of hydrogen-bond donors (Lipinski definition) is 6. The maximum atomic E-state index is 12.7. The van der Waals surface area contributed by atoms with Crippen molar-refractivity contribution < 1.29 is 24.3 Å². The Morgan fingerprint density at radius 3 is 2.83 bits per heavy atom. The normalized spacial score (nSPS) is 25.2. The summed E-state index contributed by atoms with van der Waals surface area (Å²) in [7, 11) is 0. The molecule has 3 heterocycles. The van der Waals surface area contributed by atoms with Crippen molar-refractivity contribution in [1.29, 1.82) is 0 Å². The van der Waals surface area contributed by atoms with E-state index in [0.29, 0.717) is 16.7 Å². The van der Waals surface area contributed by atoms with Gasteiger partial charge >= 0.3 is 5.65 Å². The van der Waals surface area contributed by atoms with Crippen LogP contribution in [-0.4, -0.2) is 55.9 Å². The summed E-state index contributed by atoms with van der Waals surface area (Å²) in [6.07, 6.45) is -0.0422. The number of nitrogens with two attached hydrogens (primary N) is 2. The van der Waals surface area contributed by atoms with Crippen LogP contribution in [0.4, 0.5) is 5.82 Å². The number of imidazole rings is 1. The summed E-state index contributed by atoms with van der Waals surface area (Å²) in [5.74, 6) is -0.236. The Hall–Kier alpha value is -3.12. The van der Waals surface area contributed by atoms with Crippen LogP contribution in [0.25, 0.3) is 11.2 Å². The van der Waals surface area contributed by atoms with E-state index in [-0.39, 0.29) is 5.82 Å². The second-order valence-electron chi connectivity index (χ2n) is 6.80. The van der Waals surface area contributed by atoms with Gasteiger partial charge in [0, 0.05) is 0 Å². The van der Waals surface area contributed by atoms with Crippen LogP contribution in [0, 0.1) is 0 Å². The van der Waals surface area contributed by atoms with Gasteiger partial charge in [-0.3, -0.25) is 9.78 Å². The number of benzene rings is 1. The number of aromatic amines is 1. The molecule has 3 aromatic rings. The van der Waals surface area contributed by atoms with Crippen LogP contribution >= 0.6 is 0 Å². The summed E-state index contributed by atoms with van der Waals surface area (Å²) in [6, 6.07) is 7.07. The van der Waals surface area contributed by atoms with E-state index < -0.39 is 43.0 Å². The van der Waals surface area contributed by atoms with Crippen molar-refractivity contribution in [1.82, 2.24) is 20.3 Å². The van der Waals surface area contributed by atoms with Gasteiger partial charge in [0.2, 0.25) is 17.7 Å². The molecule has 2 unspecified atom stereocenters. The fourth-order valence-electron chi connectivity index (χ4n) is 3.47. The monoisotopic (exact) mass is 400 g/mol. The molecule has 2 aromatic heterocycles. The Morgan fingerprint density at radius 1 is 1.34 bits per heavy atom. The Bertz CT molecular complexity index is 1010. The summed E-state index contributed by atoms with van der Waals surface area (Å²) in [5.41, 5.74) is 13.5. The second kappa shape index (κ2) is 7.72. The lowest BCUT2D eigenvalue weighted by molar-refractivity contribution is -0.740. The fourth-order valence-corrected chi connectivity index (χ4v) is 3.47. The van der Waals surface area contributed by atoms with Crippen molar-refractivity contribution in [3.8, 4) is 0 Å². The lowest BCUT2D eigenvalue weighted by Gasteiger charge is -2.22. The molecule has 1 fully saturated rings. The number of aliphatic hydroxyl groups is 2. The SMILES string of the molecule is Nc1ncnc2c1[nH]c[n+]2[C@@H]1O[C@H](CO)[C@H](O)C1NC(=O)C(N)c1ccccc1. The first-order valence-electron chi connectivity index (χ1n) is 9.05. The van der Waals surface area contributed by atoms with E-state index >= 15 is 0 Å². The maximum Gasteiger partial charge on any atom is 0.309 e. The highest BCUT2D eigenvalue weighted by Gasteiger charge is 2.48. The minimum Gasteiger partial charge on any atom is -0.394 e. The molecule has 1 saturated heterocycles. The van der Waals surface area contributed by atoms with Crippen LogP contribution in [0.15, 0.2) is 43.0 Å². The van der Waals surface area contributed by atoms with Crippen LogP contribution in [0.3, 0.4) is 0 Å². The molecule has 4 rings (SSSR count). The van der Waals surface area contributed by atoms with Gasteiger partial charge < -0.3 is 31.7 Å². The molecule has 8 N–H and O–H groups in total. The third kappa shape index (κ3) is 3.40. The van der Waals surface area contributed by atoms with Gasteiger partial charge in [0.25, 0.3) is 0 Å². The molecule has 0 radical (unpaired) electrons. The molecular weight excluding hydrogens is 378 g/mol. The number of carbonyl (C=O) groups excluding carboxylic acids is 1. The molecule has 0 saturated carbocycles. The van der Waals surface area contributed by atoms with Gasteiger partial charge in [-0.05, 0) is 5.56 Å². The molecule has 0 aliphatic carbocycles. The number of fused-ring (bicyclic) bond motifs is 1. The first-order valence-corrected chi connectivity index (χ1v) is 9.05. The molecule has 1 aromatic carbocycles. The van der Waals surface area contributed by atoms with Gasteiger partial charge in [-0.15, -0.1) is 0 Å². The quantitative estimate of drug-likeness (QED) is 0.274. The van der Waals surface area contributed by atoms with E-state index in [1.54, 1.807) is 35.2 Å². The molecule has 5 atom stereocenters. The average molecular weight is 400 g/mol. The number of nitrogen functional groups attached to an aromatic ring is 1.